The number of carbonyl (C=O) groups is 2. The first-order valence-corrected chi connectivity index (χ1v) is 7.01. The molecule has 0 aliphatic carbocycles. The van der Waals surface area contributed by atoms with Gasteiger partial charge in [0.15, 0.2) is 0 Å². The molecule has 3 rings (SSSR count). The summed E-state index contributed by atoms with van der Waals surface area (Å²) in [6, 6.07) is 6.83. The van der Waals surface area contributed by atoms with Gasteiger partial charge in [-0.25, -0.2) is 4.79 Å². The van der Waals surface area contributed by atoms with Crippen molar-refractivity contribution in [1.82, 2.24) is 10.6 Å². The standard InChI is InChI=1S/C14H18N4O3.ClH/c19-13(12-9-21-8-6-15-12)17-10-1-3-11(4-2-10)18-7-5-16-14(18)20;/h1-4,12,15H,5-9H2,(H,16,20)(H,17,19);1H. The fraction of sp³-hybridized carbons (Fsp3) is 0.429. The van der Waals surface area contributed by atoms with E-state index in [2.05, 4.69) is 16.0 Å². The van der Waals surface area contributed by atoms with Gasteiger partial charge in [-0.1, -0.05) is 0 Å². The van der Waals surface area contributed by atoms with Crippen LogP contribution in [-0.4, -0.2) is 50.8 Å². The molecule has 1 unspecified atom stereocenters. The molecule has 1 atom stereocenters. The van der Waals surface area contributed by atoms with Crippen LogP contribution in [0.4, 0.5) is 16.2 Å². The smallest absolute Gasteiger partial charge is 0.321 e. The number of hydrogen-bond acceptors (Lipinski definition) is 4. The van der Waals surface area contributed by atoms with Crippen molar-refractivity contribution in [2.24, 2.45) is 0 Å². The molecule has 7 nitrogen and oxygen atoms in total. The number of morpholine rings is 1. The highest BCUT2D eigenvalue weighted by atomic mass is 35.5. The number of amides is 3. The number of anilines is 2. The quantitative estimate of drug-likeness (QED) is 0.758. The maximum Gasteiger partial charge on any atom is 0.321 e. The molecule has 120 valence electrons. The second-order valence-corrected chi connectivity index (χ2v) is 5.00. The first-order valence-electron chi connectivity index (χ1n) is 7.01. The third-order valence-corrected chi connectivity index (χ3v) is 3.54. The first-order chi connectivity index (χ1) is 10.2. The third-order valence-electron chi connectivity index (χ3n) is 3.54. The Morgan fingerprint density at radius 2 is 2.05 bits per heavy atom. The minimum atomic E-state index is -0.317. The van der Waals surface area contributed by atoms with E-state index in [0.717, 1.165) is 5.69 Å². The molecule has 0 saturated carbocycles. The Morgan fingerprint density at radius 1 is 1.27 bits per heavy atom. The summed E-state index contributed by atoms with van der Waals surface area (Å²) in [5.41, 5.74) is 1.53. The molecule has 2 aliphatic heterocycles. The molecule has 3 N–H and O–H groups in total. The van der Waals surface area contributed by atoms with Gasteiger partial charge < -0.3 is 20.7 Å². The molecule has 0 bridgehead atoms. The molecule has 1 aromatic rings. The monoisotopic (exact) mass is 326 g/mol. The Labute approximate surface area is 134 Å². The lowest BCUT2D eigenvalue weighted by Crippen LogP contribution is -2.48. The van der Waals surface area contributed by atoms with Gasteiger partial charge in [-0.3, -0.25) is 9.69 Å². The molecule has 1 aromatic carbocycles. The van der Waals surface area contributed by atoms with Crippen LogP contribution < -0.4 is 20.9 Å². The van der Waals surface area contributed by atoms with Crippen molar-refractivity contribution in [2.45, 2.75) is 6.04 Å². The largest absolute Gasteiger partial charge is 0.378 e. The number of nitrogens with zero attached hydrogens (tertiary/aromatic N) is 1. The first kappa shape index (κ1) is 16.5. The van der Waals surface area contributed by atoms with Crippen molar-refractivity contribution in [3.05, 3.63) is 24.3 Å². The van der Waals surface area contributed by atoms with Crippen LogP contribution >= 0.6 is 12.4 Å². The van der Waals surface area contributed by atoms with Crippen molar-refractivity contribution in [3.8, 4) is 0 Å². The molecular formula is C14H19ClN4O3. The second kappa shape index (κ2) is 7.44. The maximum absolute atomic E-state index is 12.0. The highest BCUT2D eigenvalue weighted by molar-refractivity contribution is 5.96. The average molecular weight is 327 g/mol. The number of urea groups is 1. The summed E-state index contributed by atoms with van der Waals surface area (Å²) in [5, 5.41) is 8.70. The molecule has 0 radical (unpaired) electrons. The van der Waals surface area contributed by atoms with E-state index < -0.39 is 0 Å². The van der Waals surface area contributed by atoms with E-state index >= 15 is 0 Å². The van der Waals surface area contributed by atoms with Crippen LogP contribution in [0.5, 0.6) is 0 Å². The molecule has 2 aliphatic rings. The Kier molecular flexibility index (Phi) is 5.59. The molecule has 2 fully saturated rings. The lowest BCUT2D eigenvalue weighted by atomic mass is 10.2. The number of hydrogen-bond donors (Lipinski definition) is 3. The SMILES string of the molecule is Cl.O=C(Nc1ccc(N2CCNC2=O)cc1)C1COCCN1. The second-order valence-electron chi connectivity index (χ2n) is 5.00. The molecule has 8 heteroatoms. The normalized spacial score (nSPS) is 21.0. The summed E-state index contributed by atoms with van der Waals surface area (Å²) < 4.78 is 5.26. The Hall–Kier alpha value is -1.83. The van der Waals surface area contributed by atoms with Crippen LogP contribution in [0.15, 0.2) is 24.3 Å². The average Bonchev–Trinajstić information content (AvgIpc) is 2.95. The lowest BCUT2D eigenvalue weighted by molar-refractivity contribution is -0.120. The van der Waals surface area contributed by atoms with E-state index in [1.54, 1.807) is 17.0 Å². The minimum Gasteiger partial charge on any atom is -0.378 e. The van der Waals surface area contributed by atoms with Gasteiger partial charge in [-0.15, -0.1) is 12.4 Å². The van der Waals surface area contributed by atoms with Gasteiger partial charge in [0, 0.05) is 31.0 Å². The third kappa shape index (κ3) is 3.68. The van der Waals surface area contributed by atoms with Crippen LogP contribution in [-0.2, 0) is 9.53 Å². The van der Waals surface area contributed by atoms with E-state index in [-0.39, 0.29) is 30.4 Å². The number of carbonyl (C=O) groups excluding carboxylic acids is 2. The summed E-state index contributed by atoms with van der Waals surface area (Å²) in [6.07, 6.45) is 0. The zero-order valence-corrected chi connectivity index (χ0v) is 12.8. The summed E-state index contributed by atoms with van der Waals surface area (Å²) in [6.45, 7) is 3.02. The molecule has 0 aromatic heterocycles. The minimum absolute atomic E-state index is 0. The summed E-state index contributed by atoms with van der Waals surface area (Å²) in [4.78, 5) is 25.3. The zero-order valence-electron chi connectivity index (χ0n) is 12.0. The number of ether oxygens (including phenoxy) is 1. The van der Waals surface area contributed by atoms with Crippen LogP contribution in [0.1, 0.15) is 0 Å². The van der Waals surface area contributed by atoms with Gasteiger partial charge >= 0.3 is 6.03 Å². The van der Waals surface area contributed by atoms with Crippen molar-refractivity contribution in [3.63, 3.8) is 0 Å². The van der Waals surface area contributed by atoms with E-state index in [9.17, 15) is 9.59 Å². The van der Waals surface area contributed by atoms with Crippen LogP contribution in [0.2, 0.25) is 0 Å². The predicted molar refractivity (Wildman–Crippen MR) is 85.7 cm³/mol. The van der Waals surface area contributed by atoms with E-state index in [1.165, 1.54) is 0 Å². The summed E-state index contributed by atoms with van der Waals surface area (Å²) >= 11 is 0. The molecule has 0 spiro atoms. The maximum atomic E-state index is 12.0. The molecule has 22 heavy (non-hydrogen) atoms. The Balaban J connectivity index is 0.00000176. The van der Waals surface area contributed by atoms with Crippen LogP contribution in [0, 0.1) is 0 Å². The van der Waals surface area contributed by atoms with Gasteiger partial charge in [0.05, 0.1) is 13.2 Å². The lowest BCUT2D eigenvalue weighted by Gasteiger charge is -2.23. The van der Waals surface area contributed by atoms with Gasteiger partial charge in [-0.2, -0.15) is 0 Å². The summed E-state index contributed by atoms with van der Waals surface area (Å²) in [7, 11) is 0. The molecule has 2 saturated heterocycles. The topological polar surface area (TPSA) is 82.7 Å². The molecule has 3 amide bonds. The summed E-state index contributed by atoms with van der Waals surface area (Å²) in [5.74, 6) is -0.110. The van der Waals surface area contributed by atoms with Crippen molar-refractivity contribution >= 4 is 35.7 Å². The molecular weight excluding hydrogens is 308 g/mol. The van der Waals surface area contributed by atoms with E-state index in [1.807, 2.05) is 12.1 Å². The fourth-order valence-corrected chi connectivity index (χ4v) is 2.41. The van der Waals surface area contributed by atoms with Crippen molar-refractivity contribution < 1.29 is 14.3 Å². The van der Waals surface area contributed by atoms with Crippen molar-refractivity contribution in [1.29, 1.82) is 0 Å². The van der Waals surface area contributed by atoms with Crippen molar-refractivity contribution in [2.75, 3.05) is 43.1 Å². The molecule has 2 heterocycles. The van der Waals surface area contributed by atoms with Crippen LogP contribution in [0.3, 0.4) is 0 Å². The fourth-order valence-electron chi connectivity index (χ4n) is 2.41. The predicted octanol–water partition coefficient (Wildman–Crippen LogP) is 0.565. The van der Waals surface area contributed by atoms with E-state index in [0.29, 0.717) is 38.5 Å². The van der Waals surface area contributed by atoms with Gasteiger partial charge in [-0.05, 0) is 24.3 Å². The van der Waals surface area contributed by atoms with E-state index in [4.69, 9.17) is 4.74 Å². The van der Waals surface area contributed by atoms with Gasteiger partial charge in [0.1, 0.15) is 6.04 Å². The van der Waals surface area contributed by atoms with Crippen LogP contribution in [0.25, 0.3) is 0 Å². The van der Waals surface area contributed by atoms with Gasteiger partial charge in [0.2, 0.25) is 5.91 Å². The number of rotatable bonds is 3. The zero-order chi connectivity index (χ0) is 14.7. The number of halogens is 1. The highest BCUT2D eigenvalue weighted by Gasteiger charge is 2.22. The Bertz CT molecular complexity index is 531. The number of nitrogens with one attached hydrogen (secondary N) is 3. The number of benzene rings is 1. The highest BCUT2D eigenvalue weighted by Crippen LogP contribution is 2.19. The Morgan fingerprint density at radius 3 is 2.64 bits per heavy atom. The van der Waals surface area contributed by atoms with Gasteiger partial charge in [0.25, 0.3) is 0 Å².